The van der Waals surface area contributed by atoms with Gasteiger partial charge in [0.25, 0.3) is 11.8 Å². The molecule has 4 aromatic rings. The van der Waals surface area contributed by atoms with Crippen LogP contribution in [0.15, 0.2) is 60.7 Å². The summed E-state index contributed by atoms with van der Waals surface area (Å²) in [6.45, 7) is 0.583. The molecular weight excluding hydrogens is 470 g/mol. The van der Waals surface area contributed by atoms with E-state index in [1.54, 1.807) is 48.5 Å². The quantitative estimate of drug-likeness (QED) is 0.325. The van der Waals surface area contributed by atoms with Gasteiger partial charge in [-0.15, -0.1) is 0 Å². The van der Waals surface area contributed by atoms with Crippen LogP contribution in [-0.4, -0.2) is 28.8 Å². The summed E-state index contributed by atoms with van der Waals surface area (Å²) in [5.74, 6) is 0.551. The Morgan fingerprint density at radius 3 is 2.57 bits per heavy atom. The molecule has 0 aliphatic carbocycles. The van der Waals surface area contributed by atoms with Gasteiger partial charge in [0, 0.05) is 40.8 Å². The third-order valence-corrected chi connectivity index (χ3v) is 6.16. The number of ether oxygens (including phenoxy) is 2. The summed E-state index contributed by atoms with van der Waals surface area (Å²) < 4.78 is 10.7. The summed E-state index contributed by atoms with van der Waals surface area (Å²) in [6.07, 6.45) is 0. The number of rotatable bonds is 4. The Bertz CT molecular complexity index is 1500. The lowest BCUT2D eigenvalue weighted by Crippen LogP contribution is -2.17. The second-order valence-corrected chi connectivity index (χ2v) is 8.40. The molecular formula is C25H18ClN5O4. The molecule has 174 valence electrons. The maximum Gasteiger partial charge on any atom is 0.276 e. The van der Waals surface area contributed by atoms with Crippen molar-refractivity contribution in [1.29, 1.82) is 0 Å². The average molecular weight is 488 g/mol. The van der Waals surface area contributed by atoms with Crippen LogP contribution in [0.2, 0.25) is 5.02 Å². The number of aromatic amines is 1. The number of benzene rings is 3. The smallest absolute Gasteiger partial charge is 0.276 e. The Morgan fingerprint density at radius 1 is 0.914 bits per heavy atom. The van der Waals surface area contributed by atoms with Gasteiger partial charge in [-0.1, -0.05) is 23.7 Å². The zero-order valence-electron chi connectivity index (χ0n) is 18.1. The van der Waals surface area contributed by atoms with E-state index >= 15 is 0 Å². The molecule has 6 rings (SSSR count). The number of carbonyl (C=O) groups is 2. The highest BCUT2D eigenvalue weighted by molar-refractivity contribution is 6.34. The van der Waals surface area contributed by atoms with Crippen molar-refractivity contribution in [1.82, 2.24) is 10.2 Å². The van der Waals surface area contributed by atoms with E-state index in [0.29, 0.717) is 45.7 Å². The van der Waals surface area contributed by atoms with Crippen molar-refractivity contribution in [3.8, 4) is 22.8 Å². The Labute approximate surface area is 204 Å². The number of anilines is 3. The summed E-state index contributed by atoms with van der Waals surface area (Å²) in [6, 6.07) is 17.5. The van der Waals surface area contributed by atoms with Gasteiger partial charge in [0.1, 0.15) is 0 Å². The number of hydrogen-bond donors (Lipinski definition) is 4. The molecule has 2 aliphatic rings. The molecule has 0 bridgehead atoms. The van der Waals surface area contributed by atoms with E-state index in [9.17, 15) is 9.59 Å². The highest BCUT2D eigenvalue weighted by Gasteiger charge is 2.26. The van der Waals surface area contributed by atoms with E-state index in [2.05, 4.69) is 26.1 Å². The SMILES string of the molecule is O=C(Nc1ccc2c(c1)-c1[nH]nc(C(=O)Nc3ccc4c(c3)OCO4)c1CN2)c1ccccc1Cl. The van der Waals surface area contributed by atoms with Crippen LogP contribution in [0.5, 0.6) is 11.5 Å². The van der Waals surface area contributed by atoms with Gasteiger partial charge in [-0.25, -0.2) is 0 Å². The van der Waals surface area contributed by atoms with Gasteiger partial charge < -0.3 is 25.4 Å². The molecule has 9 nitrogen and oxygen atoms in total. The van der Waals surface area contributed by atoms with Gasteiger partial charge in [-0.05, 0) is 42.5 Å². The van der Waals surface area contributed by atoms with Crippen molar-refractivity contribution in [3.05, 3.63) is 82.5 Å². The van der Waals surface area contributed by atoms with Gasteiger partial charge in [0.15, 0.2) is 17.2 Å². The Kier molecular flexibility index (Phi) is 5.04. The minimum atomic E-state index is -0.352. The fraction of sp³-hybridized carbons (Fsp3) is 0.0800. The normalized spacial score (nSPS) is 12.8. The van der Waals surface area contributed by atoms with Crippen LogP contribution < -0.4 is 25.4 Å². The number of H-pyrrole nitrogens is 1. The van der Waals surface area contributed by atoms with E-state index in [1.165, 1.54) is 0 Å². The average Bonchev–Trinajstić information content (AvgIpc) is 3.51. The van der Waals surface area contributed by atoms with Gasteiger partial charge in [-0.3, -0.25) is 14.7 Å². The van der Waals surface area contributed by atoms with Crippen molar-refractivity contribution < 1.29 is 19.1 Å². The zero-order valence-corrected chi connectivity index (χ0v) is 18.9. The van der Waals surface area contributed by atoms with E-state index in [-0.39, 0.29) is 24.3 Å². The lowest BCUT2D eigenvalue weighted by atomic mass is 9.99. The number of carbonyl (C=O) groups excluding carboxylic acids is 2. The predicted molar refractivity (Wildman–Crippen MR) is 131 cm³/mol. The number of hydrogen-bond acceptors (Lipinski definition) is 6. The number of amides is 2. The number of nitrogens with zero attached hydrogens (tertiary/aromatic N) is 1. The van der Waals surface area contributed by atoms with E-state index in [4.69, 9.17) is 21.1 Å². The molecule has 0 spiro atoms. The lowest BCUT2D eigenvalue weighted by molar-refractivity contribution is 0.101. The molecule has 0 saturated heterocycles. The van der Waals surface area contributed by atoms with Crippen molar-refractivity contribution >= 4 is 40.5 Å². The lowest BCUT2D eigenvalue weighted by Gasteiger charge is -2.20. The first-order chi connectivity index (χ1) is 17.1. The molecule has 0 saturated carbocycles. The van der Waals surface area contributed by atoms with Gasteiger partial charge in [0.2, 0.25) is 6.79 Å². The highest BCUT2D eigenvalue weighted by Crippen LogP contribution is 2.38. The standard InChI is InChI=1S/C25H18ClN5O4/c26-18-4-2-1-3-15(18)24(32)28-13-5-7-19-16(9-13)22-17(11-27-19)23(31-30-22)25(33)29-14-6-8-20-21(10-14)35-12-34-20/h1-10,27H,11-12H2,(H,28,32)(H,29,33)(H,30,31). The second-order valence-electron chi connectivity index (χ2n) is 8.00. The molecule has 4 N–H and O–H groups in total. The fourth-order valence-electron chi connectivity index (χ4n) is 4.12. The van der Waals surface area contributed by atoms with Gasteiger partial charge in [-0.2, -0.15) is 5.10 Å². The molecule has 0 fully saturated rings. The summed E-state index contributed by atoms with van der Waals surface area (Å²) in [5, 5.41) is 16.7. The van der Waals surface area contributed by atoms with Crippen LogP contribution >= 0.6 is 11.6 Å². The third-order valence-electron chi connectivity index (χ3n) is 5.83. The summed E-state index contributed by atoms with van der Waals surface area (Å²) in [7, 11) is 0. The minimum Gasteiger partial charge on any atom is -0.454 e. The summed E-state index contributed by atoms with van der Waals surface area (Å²) >= 11 is 6.15. The van der Waals surface area contributed by atoms with E-state index in [0.717, 1.165) is 16.8 Å². The molecule has 1 aromatic heterocycles. The predicted octanol–water partition coefficient (Wildman–Crippen LogP) is 4.89. The first-order valence-electron chi connectivity index (χ1n) is 10.8. The Hall–Kier alpha value is -4.50. The molecule has 3 aromatic carbocycles. The molecule has 35 heavy (non-hydrogen) atoms. The molecule has 0 radical (unpaired) electrons. The Balaban J connectivity index is 1.25. The van der Waals surface area contributed by atoms with Crippen LogP contribution in [0.25, 0.3) is 11.3 Å². The summed E-state index contributed by atoms with van der Waals surface area (Å²) in [4.78, 5) is 25.7. The van der Waals surface area contributed by atoms with Crippen LogP contribution in [0, 0.1) is 0 Å². The highest BCUT2D eigenvalue weighted by atomic mass is 35.5. The van der Waals surface area contributed by atoms with Crippen LogP contribution in [0.4, 0.5) is 17.1 Å². The maximum atomic E-state index is 13.0. The Morgan fingerprint density at radius 2 is 1.69 bits per heavy atom. The fourth-order valence-corrected chi connectivity index (χ4v) is 4.34. The van der Waals surface area contributed by atoms with Gasteiger partial charge >= 0.3 is 0 Å². The van der Waals surface area contributed by atoms with Crippen LogP contribution in [0.1, 0.15) is 26.4 Å². The van der Waals surface area contributed by atoms with Crippen LogP contribution in [0.3, 0.4) is 0 Å². The van der Waals surface area contributed by atoms with Gasteiger partial charge in [0.05, 0.1) is 16.3 Å². The van der Waals surface area contributed by atoms with Crippen molar-refractivity contribution in [2.75, 3.05) is 22.7 Å². The first kappa shape index (κ1) is 21.1. The molecule has 10 heteroatoms. The third kappa shape index (κ3) is 3.81. The van der Waals surface area contributed by atoms with Crippen molar-refractivity contribution in [2.24, 2.45) is 0 Å². The molecule has 0 unspecified atom stereocenters. The number of fused-ring (bicyclic) bond motifs is 4. The molecule has 3 heterocycles. The largest absolute Gasteiger partial charge is 0.454 e. The van der Waals surface area contributed by atoms with Crippen LogP contribution in [-0.2, 0) is 6.54 Å². The maximum absolute atomic E-state index is 13.0. The topological polar surface area (TPSA) is 117 Å². The van der Waals surface area contributed by atoms with Crippen molar-refractivity contribution in [2.45, 2.75) is 6.54 Å². The molecule has 2 amide bonds. The zero-order chi connectivity index (χ0) is 23.9. The van der Waals surface area contributed by atoms with Crippen molar-refractivity contribution in [3.63, 3.8) is 0 Å². The molecule has 0 atom stereocenters. The summed E-state index contributed by atoms with van der Waals surface area (Å²) in [5.41, 5.74) is 4.91. The minimum absolute atomic E-state index is 0.158. The first-order valence-corrected chi connectivity index (χ1v) is 11.2. The number of aromatic nitrogens is 2. The second kappa shape index (κ2) is 8.37. The monoisotopic (exact) mass is 487 g/mol. The van der Waals surface area contributed by atoms with E-state index in [1.807, 2.05) is 12.1 Å². The number of nitrogens with one attached hydrogen (secondary N) is 4. The number of halogens is 1. The van der Waals surface area contributed by atoms with E-state index < -0.39 is 0 Å². The molecule has 2 aliphatic heterocycles.